The Kier molecular flexibility index (Phi) is 6.51. The molecule has 6 heteroatoms. The van der Waals surface area contributed by atoms with Gasteiger partial charge in [0.25, 0.3) is 5.91 Å². The lowest BCUT2D eigenvalue weighted by molar-refractivity contribution is 0.0917. The van der Waals surface area contributed by atoms with Crippen LogP contribution in [0.1, 0.15) is 47.3 Å². The van der Waals surface area contributed by atoms with Crippen molar-refractivity contribution in [2.45, 2.75) is 44.3 Å². The number of carbonyl (C=O) groups is 1. The van der Waals surface area contributed by atoms with Gasteiger partial charge in [-0.15, -0.1) is 0 Å². The van der Waals surface area contributed by atoms with E-state index in [1.807, 2.05) is 77.4 Å². The number of amides is 1. The van der Waals surface area contributed by atoms with E-state index in [1.54, 1.807) is 6.07 Å². The first kappa shape index (κ1) is 22.7. The van der Waals surface area contributed by atoms with Crippen molar-refractivity contribution in [3.05, 3.63) is 95.7 Å². The van der Waals surface area contributed by atoms with Crippen LogP contribution in [-0.4, -0.2) is 22.6 Å². The minimum absolute atomic E-state index is 0.0933. The standard InChI is InChI=1S/C29H28N4O2/c30-18-21-6-9-22-17-28(29(34)32-24-12-10-23(31)11-13-24)33(27(22)16-21)19-20-7-14-26(15-8-20)35-25-4-2-1-3-5-25/h1-9,14-17,23-24H,10-13,19,31H2,(H,32,34)/t23-,24-. The Hall–Kier alpha value is -4.08. The third-order valence-electron chi connectivity index (χ3n) is 6.62. The topological polar surface area (TPSA) is 93.1 Å². The summed E-state index contributed by atoms with van der Waals surface area (Å²) in [7, 11) is 0. The fourth-order valence-corrected chi connectivity index (χ4v) is 4.68. The van der Waals surface area contributed by atoms with Crippen molar-refractivity contribution < 1.29 is 9.53 Å². The van der Waals surface area contributed by atoms with Gasteiger partial charge in [0.1, 0.15) is 17.2 Å². The maximum absolute atomic E-state index is 13.3. The highest BCUT2D eigenvalue weighted by Crippen LogP contribution is 2.26. The van der Waals surface area contributed by atoms with Crippen molar-refractivity contribution in [2.24, 2.45) is 5.73 Å². The molecule has 3 N–H and O–H groups in total. The molecule has 0 radical (unpaired) electrons. The molecular weight excluding hydrogens is 436 g/mol. The number of hydrogen-bond acceptors (Lipinski definition) is 4. The van der Waals surface area contributed by atoms with Crippen LogP contribution < -0.4 is 15.8 Å². The lowest BCUT2D eigenvalue weighted by atomic mass is 9.92. The molecule has 1 saturated carbocycles. The first-order valence-electron chi connectivity index (χ1n) is 12.0. The molecule has 0 saturated heterocycles. The summed E-state index contributed by atoms with van der Waals surface area (Å²) in [5, 5.41) is 13.6. The number of fused-ring (bicyclic) bond motifs is 1. The number of nitrogens with one attached hydrogen (secondary N) is 1. The molecule has 0 atom stereocenters. The zero-order valence-electron chi connectivity index (χ0n) is 19.5. The van der Waals surface area contributed by atoms with Gasteiger partial charge in [-0.3, -0.25) is 4.79 Å². The summed E-state index contributed by atoms with van der Waals surface area (Å²) in [4.78, 5) is 13.3. The van der Waals surface area contributed by atoms with E-state index in [0.29, 0.717) is 17.8 Å². The summed E-state index contributed by atoms with van der Waals surface area (Å²) >= 11 is 0. The summed E-state index contributed by atoms with van der Waals surface area (Å²) in [6.45, 7) is 0.502. The van der Waals surface area contributed by atoms with Gasteiger partial charge in [0.05, 0.1) is 17.1 Å². The smallest absolute Gasteiger partial charge is 0.268 e. The van der Waals surface area contributed by atoms with Crippen LogP contribution in [0.15, 0.2) is 78.9 Å². The number of nitrogens with two attached hydrogens (primary N) is 1. The molecule has 1 fully saturated rings. The van der Waals surface area contributed by atoms with Crippen molar-refractivity contribution in [1.82, 2.24) is 9.88 Å². The number of carbonyl (C=O) groups excluding carboxylic acids is 1. The number of nitriles is 1. The molecule has 5 rings (SSSR count). The third-order valence-corrected chi connectivity index (χ3v) is 6.62. The number of hydrogen-bond donors (Lipinski definition) is 2. The van der Waals surface area contributed by atoms with Gasteiger partial charge >= 0.3 is 0 Å². The monoisotopic (exact) mass is 464 g/mol. The van der Waals surface area contributed by atoms with Crippen molar-refractivity contribution in [3.8, 4) is 17.6 Å². The van der Waals surface area contributed by atoms with Crippen molar-refractivity contribution in [1.29, 1.82) is 5.26 Å². The quantitative estimate of drug-likeness (QED) is 0.402. The van der Waals surface area contributed by atoms with E-state index in [1.165, 1.54) is 0 Å². The van der Waals surface area contributed by atoms with E-state index in [2.05, 4.69) is 11.4 Å². The second kappa shape index (κ2) is 10.0. The summed E-state index contributed by atoms with van der Waals surface area (Å²) in [5.41, 5.74) is 9.08. The van der Waals surface area contributed by atoms with Crippen LogP contribution in [0.2, 0.25) is 0 Å². The summed E-state index contributed by atoms with van der Waals surface area (Å²) in [6, 6.07) is 27.5. The summed E-state index contributed by atoms with van der Waals surface area (Å²) in [5.74, 6) is 1.44. The van der Waals surface area contributed by atoms with Gasteiger partial charge in [0.2, 0.25) is 0 Å². The first-order valence-corrected chi connectivity index (χ1v) is 12.0. The molecule has 0 unspecified atom stereocenters. The minimum Gasteiger partial charge on any atom is -0.457 e. The lowest BCUT2D eigenvalue weighted by Gasteiger charge is -2.27. The molecule has 6 nitrogen and oxygen atoms in total. The van der Waals surface area contributed by atoms with Crippen LogP contribution in [0.5, 0.6) is 11.5 Å². The maximum atomic E-state index is 13.3. The molecule has 4 aromatic rings. The molecular formula is C29H28N4O2. The second-order valence-electron chi connectivity index (χ2n) is 9.15. The fourth-order valence-electron chi connectivity index (χ4n) is 4.68. The Morgan fingerprint density at radius 2 is 1.69 bits per heavy atom. The Balaban J connectivity index is 1.41. The van der Waals surface area contributed by atoms with Crippen molar-refractivity contribution in [3.63, 3.8) is 0 Å². The van der Waals surface area contributed by atoms with Gasteiger partial charge in [0.15, 0.2) is 0 Å². The zero-order chi connectivity index (χ0) is 24.2. The van der Waals surface area contributed by atoms with Crippen LogP contribution in [0.4, 0.5) is 0 Å². The van der Waals surface area contributed by atoms with Gasteiger partial charge in [0, 0.05) is 24.0 Å². The molecule has 1 aromatic heterocycles. The first-order chi connectivity index (χ1) is 17.1. The zero-order valence-corrected chi connectivity index (χ0v) is 19.5. The predicted molar refractivity (Wildman–Crippen MR) is 136 cm³/mol. The normalized spacial score (nSPS) is 17.6. The van der Waals surface area contributed by atoms with Gasteiger partial charge < -0.3 is 20.4 Å². The largest absolute Gasteiger partial charge is 0.457 e. The van der Waals surface area contributed by atoms with Crippen LogP contribution in [0.3, 0.4) is 0 Å². The van der Waals surface area contributed by atoms with Crippen molar-refractivity contribution in [2.75, 3.05) is 0 Å². The number of nitrogens with zero attached hydrogens (tertiary/aromatic N) is 2. The summed E-state index contributed by atoms with van der Waals surface area (Å²) < 4.78 is 7.90. The maximum Gasteiger partial charge on any atom is 0.268 e. The van der Waals surface area contributed by atoms with Crippen molar-refractivity contribution >= 4 is 16.8 Å². The third kappa shape index (κ3) is 5.21. The molecule has 0 bridgehead atoms. The average molecular weight is 465 g/mol. The lowest BCUT2D eigenvalue weighted by Crippen LogP contribution is -2.41. The average Bonchev–Trinajstić information content (AvgIpc) is 3.24. The van der Waals surface area contributed by atoms with Crippen LogP contribution in [0.25, 0.3) is 10.9 Å². The van der Waals surface area contributed by atoms with E-state index >= 15 is 0 Å². The molecule has 1 amide bonds. The predicted octanol–water partition coefficient (Wildman–Crippen LogP) is 5.35. The van der Waals surface area contributed by atoms with Crippen LogP contribution >= 0.6 is 0 Å². The molecule has 3 aromatic carbocycles. The van der Waals surface area contributed by atoms with Gasteiger partial charge in [-0.25, -0.2) is 0 Å². The van der Waals surface area contributed by atoms with Crippen LogP contribution in [-0.2, 0) is 6.54 Å². The Bertz CT molecular complexity index is 1360. The number of ether oxygens (including phenoxy) is 1. The van der Waals surface area contributed by atoms with E-state index < -0.39 is 0 Å². The fraction of sp³-hybridized carbons (Fsp3) is 0.241. The van der Waals surface area contributed by atoms with E-state index in [9.17, 15) is 10.1 Å². The van der Waals surface area contributed by atoms with Crippen LogP contribution in [0, 0.1) is 11.3 Å². The number of benzene rings is 3. The number of aromatic nitrogens is 1. The molecule has 0 spiro atoms. The highest BCUT2D eigenvalue weighted by atomic mass is 16.5. The molecule has 176 valence electrons. The Labute approximate surface area is 204 Å². The molecule has 35 heavy (non-hydrogen) atoms. The molecule has 0 aliphatic heterocycles. The van der Waals surface area contributed by atoms with E-state index in [4.69, 9.17) is 10.5 Å². The van der Waals surface area contributed by atoms with Gasteiger partial charge in [-0.1, -0.05) is 36.4 Å². The second-order valence-corrected chi connectivity index (χ2v) is 9.15. The minimum atomic E-state index is -0.0933. The summed E-state index contributed by atoms with van der Waals surface area (Å²) in [6.07, 6.45) is 3.65. The number of para-hydroxylation sites is 1. The van der Waals surface area contributed by atoms with E-state index in [-0.39, 0.29) is 18.0 Å². The number of rotatable bonds is 6. The highest BCUT2D eigenvalue weighted by Gasteiger charge is 2.23. The van der Waals surface area contributed by atoms with Gasteiger partial charge in [-0.05, 0) is 73.7 Å². The molecule has 1 heterocycles. The Morgan fingerprint density at radius 3 is 2.40 bits per heavy atom. The Morgan fingerprint density at radius 1 is 0.971 bits per heavy atom. The SMILES string of the molecule is N#Cc1ccc2cc(C(=O)N[C@H]3CC[C@H](N)CC3)n(Cc3ccc(Oc4ccccc4)cc3)c2c1. The highest BCUT2D eigenvalue weighted by molar-refractivity contribution is 5.99. The van der Waals surface area contributed by atoms with E-state index in [0.717, 1.165) is 53.6 Å². The molecule has 1 aliphatic carbocycles. The molecule has 1 aliphatic rings. The van der Waals surface area contributed by atoms with Gasteiger partial charge in [-0.2, -0.15) is 5.26 Å².